The predicted octanol–water partition coefficient (Wildman–Crippen LogP) is 0.456. The van der Waals surface area contributed by atoms with Gasteiger partial charge in [0.25, 0.3) is 11.8 Å². The summed E-state index contributed by atoms with van der Waals surface area (Å²) < 4.78 is 11.5. The van der Waals surface area contributed by atoms with Crippen molar-refractivity contribution in [2.45, 2.75) is 58.7 Å². The number of likely N-dealkylation sites (tertiary alicyclic amines) is 1. The average Bonchev–Trinajstić information content (AvgIpc) is 3.63. The number of hydrogen-bond acceptors (Lipinski definition) is 7. The van der Waals surface area contributed by atoms with Crippen LogP contribution in [0.15, 0.2) is 24.5 Å². The van der Waals surface area contributed by atoms with Crippen LogP contribution in [-0.4, -0.2) is 70.0 Å². The van der Waals surface area contributed by atoms with E-state index in [2.05, 4.69) is 25.8 Å². The zero-order valence-electron chi connectivity index (χ0n) is 18.8. The number of aromatic nitrogens is 7. The molecule has 0 aromatic carbocycles. The first-order valence-corrected chi connectivity index (χ1v) is 11.2. The van der Waals surface area contributed by atoms with E-state index in [4.69, 9.17) is 4.74 Å². The van der Waals surface area contributed by atoms with Crippen molar-refractivity contribution in [2.75, 3.05) is 13.1 Å². The largest absolute Gasteiger partial charge is 0.365 e. The first kappa shape index (κ1) is 21.3. The SMILES string of the molecule is CCn1nccc1C(=O)NCc1nnn2c1COC1(CCN(C(=O)c3ccnn3CC)C1)C2. The van der Waals surface area contributed by atoms with Crippen LogP contribution in [0, 0.1) is 0 Å². The third kappa shape index (κ3) is 3.80. The lowest BCUT2D eigenvalue weighted by atomic mass is 10.0. The quantitative estimate of drug-likeness (QED) is 0.575. The Morgan fingerprint density at radius 3 is 2.58 bits per heavy atom. The van der Waals surface area contributed by atoms with Crippen LogP contribution >= 0.6 is 0 Å². The van der Waals surface area contributed by atoms with Gasteiger partial charge in [-0.3, -0.25) is 19.0 Å². The highest BCUT2D eigenvalue weighted by atomic mass is 16.5. The molecule has 0 aliphatic carbocycles. The van der Waals surface area contributed by atoms with E-state index in [0.717, 1.165) is 12.1 Å². The normalized spacial score (nSPS) is 19.8. The topological polar surface area (TPSA) is 125 Å². The Morgan fingerprint density at radius 2 is 1.82 bits per heavy atom. The third-order valence-corrected chi connectivity index (χ3v) is 6.37. The summed E-state index contributed by atoms with van der Waals surface area (Å²) in [5.41, 5.74) is 2.14. The molecule has 0 bridgehead atoms. The monoisotopic (exact) mass is 453 g/mol. The molecular formula is C21H27N9O3. The van der Waals surface area contributed by atoms with Gasteiger partial charge in [-0.05, 0) is 32.4 Å². The fraction of sp³-hybridized carbons (Fsp3) is 0.524. The third-order valence-electron chi connectivity index (χ3n) is 6.37. The number of nitrogens with zero attached hydrogens (tertiary/aromatic N) is 8. The highest BCUT2D eigenvalue weighted by Gasteiger charge is 2.45. The number of nitrogens with one attached hydrogen (secondary N) is 1. The Bertz CT molecular complexity index is 1180. The number of hydrogen-bond donors (Lipinski definition) is 1. The van der Waals surface area contributed by atoms with Crippen molar-refractivity contribution in [1.82, 2.24) is 44.8 Å². The Kier molecular flexibility index (Phi) is 5.44. The van der Waals surface area contributed by atoms with Crippen LogP contribution in [-0.2, 0) is 37.5 Å². The number of amides is 2. The smallest absolute Gasteiger partial charge is 0.272 e. The highest BCUT2D eigenvalue weighted by molar-refractivity contribution is 5.93. The van der Waals surface area contributed by atoms with E-state index >= 15 is 0 Å². The van der Waals surface area contributed by atoms with Crippen LogP contribution in [0.4, 0.5) is 0 Å². The van der Waals surface area contributed by atoms with Crippen LogP contribution in [0.25, 0.3) is 0 Å². The first-order chi connectivity index (χ1) is 16.0. The van der Waals surface area contributed by atoms with Crippen LogP contribution < -0.4 is 5.32 Å². The van der Waals surface area contributed by atoms with Gasteiger partial charge in [-0.2, -0.15) is 10.2 Å². The summed E-state index contributed by atoms with van der Waals surface area (Å²) >= 11 is 0. The summed E-state index contributed by atoms with van der Waals surface area (Å²) in [4.78, 5) is 27.3. The lowest BCUT2D eigenvalue weighted by Crippen LogP contribution is -2.45. The molecule has 1 N–H and O–H groups in total. The minimum absolute atomic E-state index is 0.0334. The van der Waals surface area contributed by atoms with Crippen LogP contribution in [0.1, 0.15) is 52.6 Å². The Labute approximate surface area is 190 Å². The molecule has 3 aromatic rings. The molecule has 3 aromatic heterocycles. The summed E-state index contributed by atoms with van der Waals surface area (Å²) in [6.45, 7) is 7.37. The van der Waals surface area contributed by atoms with Crippen LogP contribution in [0.3, 0.4) is 0 Å². The van der Waals surface area contributed by atoms with Gasteiger partial charge in [-0.25, -0.2) is 4.68 Å². The average molecular weight is 454 g/mol. The maximum Gasteiger partial charge on any atom is 0.272 e. The van der Waals surface area contributed by atoms with E-state index < -0.39 is 5.60 Å². The summed E-state index contributed by atoms with van der Waals surface area (Å²) in [6.07, 6.45) is 3.99. The van der Waals surface area contributed by atoms with Crippen molar-refractivity contribution in [3.63, 3.8) is 0 Å². The number of ether oxygens (including phenoxy) is 1. The molecule has 1 unspecified atom stereocenters. The molecule has 5 rings (SSSR count). The molecule has 1 fully saturated rings. The highest BCUT2D eigenvalue weighted by Crippen LogP contribution is 2.33. The zero-order valence-corrected chi connectivity index (χ0v) is 18.8. The fourth-order valence-electron chi connectivity index (χ4n) is 4.56. The van der Waals surface area contributed by atoms with Crippen LogP contribution in [0.2, 0.25) is 0 Å². The second-order valence-corrected chi connectivity index (χ2v) is 8.34. The molecule has 5 heterocycles. The molecule has 1 saturated heterocycles. The van der Waals surface area contributed by atoms with E-state index in [1.165, 1.54) is 0 Å². The second-order valence-electron chi connectivity index (χ2n) is 8.34. The van der Waals surface area contributed by atoms with Gasteiger partial charge >= 0.3 is 0 Å². The molecule has 2 amide bonds. The van der Waals surface area contributed by atoms with E-state index in [0.29, 0.717) is 56.4 Å². The Balaban J connectivity index is 1.23. The predicted molar refractivity (Wildman–Crippen MR) is 115 cm³/mol. The van der Waals surface area contributed by atoms with Gasteiger partial charge < -0.3 is 15.0 Å². The van der Waals surface area contributed by atoms with Crippen molar-refractivity contribution >= 4 is 11.8 Å². The van der Waals surface area contributed by atoms with E-state index in [9.17, 15) is 9.59 Å². The van der Waals surface area contributed by atoms with Gasteiger partial charge in [0.15, 0.2) is 0 Å². The molecule has 12 heteroatoms. The summed E-state index contributed by atoms with van der Waals surface area (Å²) in [6, 6.07) is 3.44. The van der Waals surface area contributed by atoms with Gasteiger partial charge in [0, 0.05) is 32.0 Å². The summed E-state index contributed by atoms with van der Waals surface area (Å²) in [5, 5.41) is 19.8. The fourth-order valence-corrected chi connectivity index (χ4v) is 4.56. The van der Waals surface area contributed by atoms with Gasteiger partial charge in [-0.15, -0.1) is 5.10 Å². The minimum Gasteiger partial charge on any atom is -0.365 e. The van der Waals surface area contributed by atoms with Crippen molar-refractivity contribution in [3.05, 3.63) is 47.3 Å². The Morgan fingerprint density at radius 1 is 1.09 bits per heavy atom. The van der Waals surface area contributed by atoms with E-state index in [1.807, 2.05) is 23.4 Å². The maximum absolute atomic E-state index is 13.0. The van der Waals surface area contributed by atoms with E-state index in [1.54, 1.807) is 33.9 Å². The second kappa shape index (κ2) is 8.43. The number of fused-ring (bicyclic) bond motifs is 1. The number of rotatable bonds is 6. The van der Waals surface area contributed by atoms with Crippen molar-refractivity contribution < 1.29 is 14.3 Å². The van der Waals surface area contributed by atoms with Gasteiger partial charge in [0.05, 0.1) is 31.9 Å². The molecule has 0 radical (unpaired) electrons. The maximum atomic E-state index is 13.0. The van der Waals surface area contributed by atoms with Gasteiger partial charge in [0.2, 0.25) is 0 Å². The molecule has 2 aliphatic rings. The van der Waals surface area contributed by atoms with Gasteiger partial charge in [-0.1, -0.05) is 5.21 Å². The molecule has 174 valence electrons. The molecule has 33 heavy (non-hydrogen) atoms. The van der Waals surface area contributed by atoms with Crippen LogP contribution in [0.5, 0.6) is 0 Å². The summed E-state index contributed by atoms with van der Waals surface area (Å²) in [5.74, 6) is -0.241. The number of carbonyl (C=O) groups is 2. The van der Waals surface area contributed by atoms with Crippen molar-refractivity contribution in [3.8, 4) is 0 Å². The molecular weight excluding hydrogens is 426 g/mol. The Hall–Kier alpha value is -3.54. The van der Waals surface area contributed by atoms with Crippen molar-refractivity contribution in [2.24, 2.45) is 0 Å². The first-order valence-electron chi connectivity index (χ1n) is 11.2. The number of carbonyl (C=O) groups excluding carboxylic acids is 2. The number of aryl methyl sites for hydroxylation is 2. The van der Waals surface area contributed by atoms with Crippen molar-refractivity contribution in [1.29, 1.82) is 0 Å². The van der Waals surface area contributed by atoms with E-state index in [-0.39, 0.29) is 18.4 Å². The minimum atomic E-state index is -0.485. The van der Waals surface area contributed by atoms with Gasteiger partial charge in [0.1, 0.15) is 22.7 Å². The lowest BCUT2D eigenvalue weighted by Gasteiger charge is -2.33. The molecule has 2 aliphatic heterocycles. The molecule has 1 spiro atoms. The summed E-state index contributed by atoms with van der Waals surface area (Å²) in [7, 11) is 0. The standard InChI is InChI=1S/C21H27N9O3/c1-3-28-16(5-8-23-28)19(31)22-11-15-18-12-33-21(14-30(18)26-25-15)7-10-27(13-21)20(32)17-6-9-24-29(17)4-2/h5-6,8-9H,3-4,7,10-14H2,1-2H3,(H,22,31). The molecule has 0 saturated carbocycles. The lowest BCUT2D eigenvalue weighted by molar-refractivity contribution is -0.0828. The molecule has 1 atom stereocenters. The zero-order chi connectivity index (χ0) is 23.0. The molecule has 12 nitrogen and oxygen atoms in total.